The van der Waals surface area contributed by atoms with Gasteiger partial charge in [-0.2, -0.15) is 0 Å². The van der Waals surface area contributed by atoms with E-state index in [1.54, 1.807) is 16.7 Å². The van der Waals surface area contributed by atoms with E-state index in [9.17, 15) is 0 Å². The Hall–Kier alpha value is -2.38. The molecular weight excluding hydrogens is 376 g/mol. The Kier molecular flexibility index (Phi) is 4.82. The molecule has 0 amide bonds. The molecule has 0 bridgehead atoms. The fraction of sp³-hybridized carbons (Fsp3) is 0.310. The molecule has 0 radical (unpaired) electrons. The highest BCUT2D eigenvalue weighted by molar-refractivity contribution is 6.81. The first kappa shape index (κ1) is 19.6. The van der Waals surface area contributed by atoms with Crippen LogP contribution in [0.15, 0.2) is 72.8 Å². The van der Waals surface area contributed by atoms with Crippen LogP contribution in [0.4, 0.5) is 0 Å². The monoisotopic (exact) mass is 408 g/mol. The van der Waals surface area contributed by atoms with E-state index >= 15 is 0 Å². The molecule has 1 heteroatoms. The molecule has 3 unspecified atom stereocenters. The molecule has 3 aromatic carbocycles. The normalized spacial score (nSPS) is 20.9. The van der Waals surface area contributed by atoms with E-state index in [-0.39, 0.29) is 0 Å². The molecule has 3 aromatic rings. The second-order valence-corrected chi connectivity index (χ2v) is 14.7. The summed E-state index contributed by atoms with van der Waals surface area (Å²) in [5, 5.41) is 2.75. The molecule has 0 fully saturated rings. The highest BCUT2D eigenvalue weighted by Gasteiger charge is 2.44. The third-order valence-corrected chi connectivity index (χ3v) is 11.8. The summed E-state index contributed by atoms with van der Waals surface area (Å²) in [6.07, 6.45) is 10.1. The third-order valence-electron chi connectivity index (χ3n) is 7.60. The average molecular weight is 409 g/mol. The van der Waals surface area contributed by atoms with Crippen LogP contribution in [0, 0.1) is 5.92 Å². The summed E-state index contributed by atoms with van der Waals surface area (Å²) in [4.78, 5) is 0. The molecular formula is C29H32Si. The van der Waals surface area contributed by atoms with Gasteiger partial charge in [-0.3, -0.25) is 0 Å². The van der Waals surface area contributed by atoms with Gasteiger partial charge >= 0.3 is 0 Å². The first-order valence-corrected chi connectivity index (χ1v) is 14.7. The van der Waals surface area contributed by atoms with Gasteiger partial charge in [0.1, 0.15) is 0 Å². The standard InChI is InChI=1S/C29H32Si/c1-5-10-20(2)27-19-29(25-14-9-8-13-23(25)27)30(3,4)28-18-17-24-22-12-7-6-11-21(22)15-16-26(24)28/h6-9,11-20,28-29H,5,10H2,1-4H3. The van der Waals surface area contributed by atoms with E-state index in [0.717, 1.165) is 0 Å². The predicted molar refractivity (Wildman–Crippen MR) is 134 cm³/mol. The fourth-order valence-corrected chi connectivity index (χ4v) is 9.63. The number of hydrogen-bond acceptors (Lipinski definition) is 0. The molecule has 0 aromatic heterocycles. The van der Waals surface area contributed by atoms with Crippen LogP contribution in [-0.2, 0) is 0 Å². The van der Waals surface area contributed by atoms with Crippen molar-refractivity contribution in [1.29, 1.82) is 0 Å². The van der Waals surface area contributed by atoms with Crippen molar-refractivity contribution in [2.45, 2.75) is 50.9 Å². The quantitative estimate of drug-likeness (QED) is 0.372. The van der Waals surface area contributed by atoms with Gasteiger partial charge in [0.15, 0.2) is 0 Å². The Balaban J connectivity index is 1.59. The Morgan fingerprint density at radius 2 is 1.63 bits per heavy atom. The smallest absolute Gasteiger partial charge is 0.0715 e. The zero-order valence-corrected chi connectivity index (χ0v) is 19.7. The summed E-state index contributed by atoms with van der Waals surface area (Å²) in [5.74, 6) is 0.640. The van der Waals surface area contributed by atoms with Crippen LogP contribution in [0.2, 0.25) is 13.1 Å². The molecule has 0 saturated carbocycles. The summed E-state index contributed by atoms with van der Waals surface area (Å²) in [7, 11) is -1.70. The minimum atomic E-state index is -1.70. The number of hydrogen-bond donors (Lipinski definition) is 0. The van der Waals surface area contributed by atoms with Gasteiger partial charge in [-0.15, -0.1) is 0 Å². The molecule has 2 aliphatic rings. The Morgan fingerprint density at radius 3 is 2.47 bits per heavy atom. The molecule has 2 aliphatic carbocycles. The van der Waals surface area contributed by atoms with Crippen LogP contribution in [0.3, 0.4) is 0 Å². The lowest BCUT2D eigenvalue weighted by Crippen LogP contribution is -2.40. The van der Waals surface area contributed by atoms with Gasteiger partial charge in [0.05, 0.1) is 8.07 Å². The largest absolute Gasteiger partial charge is 0.0791 e. The molecule has 30 heavy (non-hydrogen) atoms. The maximum absolute atomic E-state index is 2.67. The van der Waals surface area contributed by atoms with Crippen molar-refractivity contribution in [3.63, 3.8) is 0 Å². The lowest BCUT2D eigenvalue weighted by Gasteiger charge is -2.35. The predicted octanol–water partition coefficient (Wildman–Crippen LogP) is 8.35. The van der Waals surface area contributed by atoms with Gasteiger partial charge in [-0.05, 0) is 62.0 Å². The lowest BCUT2D eigenvalue weighted by molar-refractivity contribution is 0.650. The molecule has 0 nitrogen and oxygen atoms in total. The SMILES string of the molecule is CCCC(C)C1=CC([Si](C)(C)C2C=Cc3c2ccc2ccccc32)c2ccccc21. The van der Waals surface area contributed by atoms with Crippen LogP contribution in [0.1, 0.15) is 60.0 Å². The minimum absolute atomic E-state index is 0.562. The molecule has 5 rings (SSSR count). The lowest BCUT2D eigenvalue weighted by atomic mass is 9.92. The van der Waals surface area contributed by atoms with Crippen molar-refractivity contribution in [3.8, 4) is 0 Å². The van der Waals surface area contributed by atoms with E-state index in [0.29, 0.717) is 17.0 Å². The molecule has 0 N–H and O–H groups in total. The summed E-state index contributed by atoms with van der Waals surface area (Å²) in [5.41, 5.74) is 8.83. The van der Waals surface area contributed by atoms with Crippen LogP contribution in [-0.4, -0.2) is 8.07 Å². The minimum Gasteiger partial charge on any atom is -0.0791 e. The summed E-state index contributed by atoms with van der Waals surface area (Å²) < 4.78 is 0. The average Bonchev–Trinajstić information content (AvgIpc) is 3.37. The zero-order valence-electron chi connectivity index (χ0n) is 18.7. The van der Waals surface area contributed by atoms with Crippen LogP contribution >= 0.6 is 0 Å². The Bertz CT molecular complexity index is 1160. The van der Waals surface area contributed by atoms with Crippen LogP contribution in [0.5, 0.6) is 0 Å². The van der Waals surface area contributed by atoms with Gasteiger partial charge in [-0.1, -0.05) is 112 Å². The van der Waals surface area contributed by atoms with Gasteiger partial charge in [0.25, 0.3) is 0 Å². The fourth-order valence-electron chi connectivity index (χ4n) is 5.93. The Labute approximate surface area is 182 Å². The third kappa shape index (κ3) is 2.94. The van der Waals surface area contributed by atoms with E-state index in [4.69, 9.17) is 0 Å². The number of fused-ring (bicyclic) bond motifs is 4. The van der Waals surface area contributed by atoms with Gasteiger partial charge in [0.2, 0.25) is 0 Å². The van der Waals surface area contributed by atoms with Gasteiger partial charge < -0.3 is 0 Å². The van der Waals surface area contributed by atoms with Crippen molar-refractivity contribution in [3.05, 3.63) is 95.1 Å². The van der Waals surface area contributed by atoms with E-state index in [1.807, 2.05) is 0 Å². The van der Waals surface area contributed by atoms with Crippen LogP contribution < -0.4 is 0 Å². The molecule has 3 atom stereocenters. The van der Waals surface area contributed by atoms with Gasteiger partial charge in [-0.25, -0.2) is 0 Å². The van der Waals surface area contributed by atoms with E-state index < -0.39 is 8.07 Å². The Morgan fingerprint density at radius 1 is 0.867 bits per heavy atom. The van der Waals surface area contributed by atoms with E-state index in [2.05, 4.69) is 106 Å². The highest BCUT2D eigenvalue weighted by Crippen LogP contribution is 2.51. The zero-order chi connectivity index (χ0) is 20.9. The molecule has 0 aliphatic heterocycles. The number of rotatable bonds is 5. The molecule has 0 heterocycles. The second kappa shape index (κ2) is 7.39. The summed E-state index contributed by atoms with van der Waals surface area (Å²) >= 11 is 0. The van der Waals surface area contributed by atoms with Crippen molar-refractivity contribution in [2.24, 2.45) is 5.92 Å². The first-order valence-electron chi connectivity index (χ1n) is 11.5. The van der Waals surface area contributed by atoms with Crippen molar-refractivity contribution < 1.29 is 0 Å². The van der Waals surface area contributed by atoms with Crippen LogP contribution in [0.25, 0.3) is 22.4 Å². The molecule has 0 spiro atoms. The van der Waals surface area contributed by atoms with Crippen molar-refractivity contribution >= 4 is 30.5 Å². The summed E-state index contributed by atoms with van der Waals surface area (Å²) in [6.45, 7) is 9.94. The van der Waals surface area contributed by atoms with Crippen molar-refractivity contribution in [1.82, 2.24) is 0 Å². The molecule has 0 saturated heterocycles. The number of benzene rings is 3. The second-order valence-electron chi connectivity index (χ2n) is 9.82. The summed E-state index contributed by atoms with van der Waals surface area (Å²) in [6, 6.07) is 22.8. The highest BCUT2D eigenvalue weighted by atomic mass is 28.3. The first-order chi connectivity index (χ1) is 14.5. The topological polar surface area (TPSA) is 0 Å². The number of allylic oxidation sites excluding steroid dienone is 3. The van der Waals surface area contributed by atoms with Gasteiger partial charge in [0, 0.05) is 0 Å². The van der Waals surface area contributed by atoms with Crippen molar-refractivity contribution in [2.75, 3.05) is 0 Å². The maximum atomic E-state index is 2.67. The molecule has 152 valence electrons. The van der Waals surface area contributed by atoms with E-state index in [1.165, 1.54) is 34.7 Å². The maximum Gasteiger partial charge on any atom is 0.0715 e.